The molecule has 1 unspecified atom stereocenters. The van der Waals surface area contributed by atoms with Crippen LogP contribution in [0.4, 0.5) is 0 Å². The Labute approximate surface area is 144 Å². The van der Waals surface area contributed by atoms with Crippen LogP contribution in [-0.2, 0) is 0 Å². The van der Waals surface area contributed by atoms with Crippen LogP contribution in [-0.4, -0.2) is 45.3 Å². The smallest absolute Gasteiger partial charge is 0.161 e. The maximum Gasteiger partial charge on any atom is 0.161 e. The zero-order valence-electron chi connectivity index (χ0n) is 13.3. The molecule has 2 aromatic rings. The first kappa shape index (κ1) is 16.4. The molecule has 1 aliphatic rings. The second-order valence-corrected chi connectivity index (χ2v) is 6.29. The number of rotatable bonds is 5. The van der Waals surface area contributed by atoms with Crippen LogP contribution in [0.1, 0.15) is 17.4 Å². The summed E-state index contributed by atoms with van der Waals surface area (Å²) in [6.07, 6.45) is 1.72. The summed E-state index contributed by atoms with van der Waals surface area (Å²) in [6.45, 7) is 3.88. The van der Waals surface area contributed by atoms with Crippen molar-refractivity contribution in [1.29, 1.82) is 0 Å². The molecule has 124 valence electrons. The number of hydrogen-bond donors (Lipinski definition) is 1. The Morgan fingerprint density at radius 3 is 2.48 bits per heavy atom. The van der Waals surface area contributed by atoms with Gasteiger partial charge in [0.15, 0.2) is 11.5 Å². The minimum Gasteiger partial charge on any atom is -0.493 e. The number of piperazine rings is 1. The zero-order chi connectivity index (χ0) is 16.2. The Hall–Kier alpha value is -1.50. The Kier molecular flexibility index (Phi) is 5.25. The van der Waals surface area contributed by atoms with E-state index in [-0.39, 0.29) is 6.04 Å². The first-order valence-electron chi connectivity index (χ1n) is 7.64. The van der Waals surface area contributed by atoms with E-state index in [0.717, 1.165) is 47.7 Å². The third-order valence-corrected chi connectivity index (χ3v) is 4.81. The van der Waals surface area contributed by atoms with Gasteiger partial charge in [-0.2, -0.15) is 0 Å². The number of hydrogen-bond acceptors (Lipinski definition) is 5. The molecule has 0 spiro atoms. The van der Waals surface area contributed by atoms with Gasteiger partial charge in [-0.3, -0.25) is 4.90 Å². The van der Waals surface area contributed by atoms with E-state index in [0.29, 0.717) is 5.75 Å². The Morgan fingerprint density at radius 2 is 1.87 bits per heavy atom. The molecule has 1 fully saturated rings. The van der Waals surface area contributed by atoms with Gasteiger partial charge in [0.1, 0.15) is 5.76 Å². The van der Waals surface area contributed by atoms with E-state index in [1.54, 1.807) is 20.5 Å². The van der Waals surface area contributed by atoms with Gasteiger partial charge in [-0.15, -0.1) is 0 Å². The van der Waals surface area contributed by atoms with Crippen LogP contribution in [0.5, 0.6) is 11.5 Å². The SMILES string of the molecule is COc1cc(Br)c(C(c2ccco2)N2CCNCC2)cc1OC. The minimum absolute atomic E-state index is 0.0429. The topological polar surface area (TPSA) is 46.9 Å². The molecule has 1 aromatic carbocycles. The standard InChI is InChI=1S/C17H21BrN2O3/c1-21-15-10-12(13(18)11-16(15)22-2)17(14-4-3-9-23-14)20-7-5-19-6-8-20/h3-4,9-11,17,19H,5-8H2,1-2H3. The summed E-state index contributed by atoms with van der Waals surface area (Å²) in [7, 11) is 3.30. The number of nitrogens with zero attached hydrogens (tertiary/aromatic N) is 1. The molecule has 0 aliphatic carbocycles. The minimum atomic E-state index is 0.0429. The lowest BCUT2D eigenvalue weighted by Gasteiger charge is -2.34. The molecule has 0 bridgehead atoms. The molecule has 0 amide bonds. The summed E-state index contributed by atoms with van der Waals surface area (Å²) >= 11 is 3.68. The summed E-state index contributed by atoms with van der Waals surface area (Å²) in [5.41, 5.74) is 1.11. The van der Waals surface area contributed by atoms with Crippen molar-refractivity contribution in [3.63, 3.8) is 0 Å². The third kappa shape index (κ3) is 3.39. The van der Waals surface area contributed by atoms with Crippen molar-refractivity contribution >= 4 is 15.9 Å². The second-order valence-electron chi connectivity index (χ2n) is 5.43. The van der Waals surface area contributed by atoms with Crippen LogP contribution >= 0.6 is 15.9 Å². The number of benzene rings is 1. The van der Waals surface area contributed by atoms with Crippen LogP contribution in [0, 0.1) is 0 Å². The fourth-order valence-electron chi connectivity index (χ4n) is 3.00. The van der Waals surface area contributed by atoms with Crippen LogP contribution in [0.15, 0.2) is 39.4 Å². The van der Waals surface area contributed by atoms with Gasteiger partial charge in [0.2, 0.25) is 0 Å². The van der Waals surface area contributed by atoms with Crippen molar-refractivity contribution in [2.24, 2.45) is 0 Å². The molecular formula is C17H21BrN2O3. The van der Waals surface area contributed by atoms with Crippen LogP contribution in [0.25, 0.3) is 0 Å². The van der Waals surface area contributed by atoms with Gasteiger partial charge < -0.3 is 19.2 Å². The molecule has 1 atom stereocenters. The van der Waals surface area contributed by atoms with E-state index in [1.807, 2.05) is 24.3 Å². The molecular weight excluding hydrogens is 360 g/mol. The van der Waals surface area contributed by atoms with Gasteiger partial charge in [-0.1, -0.05) is 15.9 Å². The van der Waals surface area contributed by atoms with Gasteiger partial charge in [-0.05, 0) is 29.8 Å². The Balaban J connectivity index is 2.05. The molecule has 1 N–H and O–H groups in total. The largest absolute Gasteiger partial charge is 0.493 e. The number of ether oxygens (including phenoxy) is 2. The molecule has 3 rings (SSSR count). The fraction of sp³-hybridized carbons (Fsp3) is 0.412. The van der Waals surface area contributed by atoms with Gasteiger partial charge >= 0.3 is 0 Å². The van der Waals surface area contributed by atoms with E-state index in [9.17, 15) is 0 Å². The highest BCUT2D eigenvalue weighted by atomic mass is 79.9. The fourth-order valence-corrected chi connectivity index (χ4v) is 3.54. The monoisotopic (exact) mass is 380 g/mol. The molecule has 23 heavy (non-hydrogen) atoms. The average Bonchev–Trinajstić information content (AvgIpc) is 3.11. The summed E-state index contributed by atoms with van der Waals surface area (Å²) in [4.78, 5) is 2.42. The average molecular weight is 381 g/mol. The van der Waals surface area contributed by atoms with E-state index in [1.165, 1.54) is 0 Å². The predicted molar refractivity (Wildman–Crippen MR) is 92.2 cm³/mol. The molecule has 0 saturated carbocycles. The first-order valence-corrected chi connectivity index (χ1v) is 8.43. The lowest BCUT2D eigenvalue weighted by Crippen LogP contribution is -2.45. The van der Waals surface area contributed by atoms with E-state index in [2.05, 4.69) is 26.1 Å². The van der Waals surface area contributed by atoms with Crippen molar-refractivity contribution in [2.45, 2.75) is 6.04 Å². The first-order chi connectivity index (χ1) is 11.2. The number of methoxy groups -OCH3 is 2. The summed E-state index contributed by atoms with van der Waals surface area (Å²) in [6, 6.07) is 7.97. The zero-order valence-corrected chi connectivity index (χ0v) is 14.9. The van der Waals surface area contributed by atoms with Gasteiger partial charge in [0.25, 0.3) is 0 Å². The summed E-state index contributed by atoms with van der Waals surface area (Å²) in [5.74, 6) is 2.36. The maximum atomic E-state index is 5.73. The van der Waals surface area contributed by atoms with Crippen molar-refractivity contribution in [3.05, 3.63) is 46.3 Å². The quantitative estimate of drug-likeness (QED) is 0.863. The lowest BCUT2D eigenvalue weighted by molar-refractivity contribution is 0.179. The molecule has 0 radical (unpaired) electrons. The Morgan fingerprint density at radius 1 is 1.17 bits per heavy atom. The summed E-state index contributed by atoms with van der Waals surface area (Å²) in [5, 5.41) is 3.39. The van der Waals surface area contributed by atoms with Crippen LogP contribution in [0.2, 0.25) is 0 Å². The summed E-state index contributed by atoms with van der Waals surface area (Å²) < 4.78 is 17.6. The highest BCUT2D eigenvalue weighted by molar-refractivity contribution is 9.10. The van der Waals surface area contributed by atoms with E-state index < -0.39 is 0 Å². The normalized spacial score (nSPS) is 17.0. The molecule has 1 aromatic heterocycles. The number of nitrogens with one attached hydrogen (secondary N) is 1. The van der Waals surface area contributed by atoms with Crippen molar-refractivity contribution in [1.82, 2.24) is 10.2 Å². The van der Waals surface area contributed by atoms with Crippen molar-refractivity contribution < 1.29 is 13.9 Å². The molecule has 6 heteroatoms. The van der Waals surface area contributed by atoms with Gasteiger partial charge in [0, 0.05) is 30.7 Å². The van der Waals surface area contributed by atoms with Gasteiger partial charge in [-0.25, -0.2) is 0 Å². The molecule has 2 heterocycles. The second kappa shape index (κ2) is 7.38. The Bertz CT molecular complexity index is 640. The van der Waals surface area contributed by atoms with Crippen LogP contribution < -0.4 is 14.8 Å². The highest BCUT2D eigenvalue weighted by Crippen LogP contribution is 2.40. The predicted octanol–water partition coefficient (Wildman–Crippen LogP) is 3.05. The number of furan rings is 1. The number of halogens is 1. The van der Waals surface area contributed by atoms with Crippen molar-refractivity contribution in [3.8, 4) is 11.5 Å². The molecule has 1 aliphatic heterocycles. The molecule has 5 nitrogen and oxygen atoms in total. The van der Waals surface area contributed by atoms with Gasteiger partial charge in [0.05, 0.1) is 26.5 Å². The van der Waals surface area contributed by atoms with Crippen molar-refractivity contribution in [2.75, 3.05) is 40.4 Å². The third-order valence-electron chi connectivity index (χ3n) is 4.13. The maximum absolute atomic E-state index is 5.73. The highest BCUT2D eigenvalue weighted by Gasteiger charge is 2.28. The lowest BCUT2D eigenvalue weighted by atomic mass is 10.0. The molecule has 1 saturated heterocycles. The van der Waals surface area contributed by atoms with E-state index >= 15 is 0 Å². The van der Waals surface area contributed by atoms with E-state index in [4.69, 9.17) is 13.9 Å². The van der Waals surface area contributed by atoms with Crippen LogP contribution in [0.3, 0.4) is 0 Å².